The Morgan fingerprint density at radius 1 is 1.00 bits per heavy atom. The number of nitrogens with two attached hydrogens (primary N) is 1. The molecule has 0 saturated carbocycles. The molecule has 1 spiro atoms. The van der Waals surface area contributed by atoms with Crippen molar-refractivity contribution in [2.45, 2.75) is 96.2 Å². The number of rotatable bonds is 12. The number of aromatic amines is 1. The van der Waals surface area contributed by atoms with Crippen molar-refractivity contribution in [1.82, 2.24) is 4.98 Å². The van der Waals surface area contributed by atoms with Gasteiger partial charge < -0.3 is 39.5 Å². The number of primary amides is 1. The Balaban J connectivity index is 1.22. The second kappa shape index (κ2) is 16.9. The predicted molar refractivity (Wildman–Crippen MR) is 203 cm³/mol. The van der Waals surface area contributed by atoms with Crippen molar-refractivity contribution in [2.75, 3.05) is 7.11 Å². The second-order valence-corrected chi connectivity index (χ2v) is 15.4. The lowest BCUT2D eigenvalue weighted by Gasteiger charge is -2.41. The maximum Gasteiger partial charge on any atom is 0.355 e. The number of pyridine rings is 1. The summed E-state index contributed by atoms with van der Waals surface area (Å²) in [5.74, 6) is -3.49. The van der Waals surface area contributed by atoms with Gasteiger partial charge in [0.15, 0.2) is 25.0 Å². The quantitative estimate of drug-likeness (QED) is 0.103. The van der Waals surface area contributed by atoms with E-state index < -0.39 is 77.9 Å². The topological polar surface area (TPSA) is 180 Å². The second-order valence-electron chi connectivity index (χ2n) is 15.4. The van der Waals surface area contributed by atoms with Crippen molar-refractivity contribution in [3.05, 3.63) is 113 Å². The van der Waals surface area contributed by atoms with Crippen molar-refractivity contribution < 1.29 is 52.5 Å². The molecule has 13 heteroatoms. The fraction of sp³-hybridized carbons (Fsp3) is 0.465. The number of methoxy groups -OCH3 is 1. The minimum atomic E-state index is -0.945. The molecule has 1 aliphatic carbocycles. The summed E-state index contributed by atoms with van der Waals surface area (Å²) in [5.41, 5.74) is 7.34. The van der Waals surface area contributed by atoms with Gasteiger partial charge in [-0.2, -0.15) is 0 Å². The van der Waals surface area contributed by atoms with E-state index in [1.54, 1.807) is 68.8 Å². The van der Waals surface area contributed by atoms with E-state index in [1.165, 1.54) is 7.11 Å². The molecular weight excluding hydrogens is 718 g/mol. The molecule has 13 nitrogen and oxygen atoms in total. The summed E-state index contributed by atoms with van der Waals surface area (Å²) in [5, 5.41) is 10.7. The zero-order chi connectivity index (χ0) is 40.3. The molecule has 298 valence electrons. The van der Waals surface area contributed by atoms with Crippen LogP contribution in [-0.2, 0) is 35.0 Å². The highest BCUT2D eigenvalue weighted by Gasteiger charge is 2.57. The number of esters is 3. The number of carbonyl (C=O) groups excluding carboxylic acids is 4. The summed E-state index contributed by atoms with van der Waals surface area (Å²) in [7, 11) is 1.46. The predicted octanol–water partition coefficient (Wildman–Crippen LogP) is 4.48. The molecule has 2 aliphatic heterocycles. The molecule has 1 aromatic carbocycles. The van der Waals surface area contributed by atoms with Crippen LogP contribution >= 0.6 is 0 Å². The molecule has 1 saturated heterocycles. The van der Waals surface area contributed by atoms with Crippen molar-refractivity contribution in [3.63, 3.8) is 0 Å². The van der Waals surface area contributed by atoms with E-state index in [9.17, 15) is 24.3 Å². The highest BCUT2D eigenvalue weighted by atomic mass is 16.6. The molecule has 3 aliphatic rings. The molecular formula is C43H52N3O10+. The fourth-order valence-corrected chi connectivity index (χ4v) is 8.19. The lowest BCUT2D eigenvalue weighted by Crippen LogP contribution is -2.48. The molecule has 1 amide bonds. The lowest BCUT2D eigenvalue weighted by atomic mass is 9.69. The number of hydrogen-bond acceptors (Lipinski definition) is 10. The maximum absolute atomic E-state index is 13.8. The van der Waals surface area contributed by atoms with E-state index in [0.717, 1.165) is 11.1 Å². The van der Waals surface area contributed by atoms with Gasteiger partial charge in [0.05, 0.1) is 22.8 Å². The first-order chi connectivity index (χ1) is 26.7. The van der Waals surface area contributed by atoms with Gasteiger partial charge in [0.2, 0.25) is 5.91 Å². The van der Waals surface area contributed by atoms with Crippen LogP contribution < -0.4 is 10.3 Å². The van der Waals surface area contributed by atoms with E-state index >= 15 is 0 Å². The van der Waals surface area contributed by atoms with Gasteiger partial charge in [-0.25, -0.2) is 19.0 Å². The van der Waals surface area contributed by atoms with Crippen LogP contribution in [0.15, 0.2) is 90.9 Å². The van der Waals surface area contributed by atoms with Crippen molar-refractivity contribution in [3.8, 4) is 0 Å². The lowest BCUT2D eigenvalue weighted by molar-refractivity contribution is -0.688. The van der Waals surface area contributed by atoms with Gasteiger partial charge >= 0.3 is 17.9 Å². The molecule has 1 unspecified atom stereocenters. The fourth-order valence-electron chi connectivity index (χ4n) is 8.19. The summed E-state index contributed by atoms with van der Waals surface area (Å²) in [4.78, 5) is 54.7. The standard InChI is InChI=1S/C43H51N3O10/c1-24-20-25(2)43-22-32(38(56-43)37(26(3)27(4)47)55-41(50)34-8-7-17-45-34)13-14-33(43)21-35(52-6)42(51)54-36(24)28(5)53-40(49)31-11-9-29(10-12-31)23-46-18-15-30(16-19-46)39(44)48/h7-20,24,26-28,32-33,35-38,47H,21-23H2,1-6H3,(H2-,44,45,48,50)/p+1/b25-20+/t24-,26-,27+,28-,32-,33?,35+,36+,37-,38-,43+/m1/s1. The van der Waals surface area contributed by atoms with Crippen LogP contribution in [0.3, 0.4) is 0 Å². The van der Waals surface area contributed by atoms with Gasteiger partial charge in [-0.1, -0.05) is 44.2 Å². The molecule has 2 aromatic heterocycles. The smallest absolute Gasteiger partial charge is 0.355 e. The average molecular weight is 771 g/mol. The average Bonchev–Trinajstić information content (AvgIpc) is 3.83. The highest BCUT2D eigenvalue weighted by Crippen LogP contribution is 2.53. The minimum absolute atomic E-state index is 0.147. The number of carbonyl (C=O) groups is 4. The number of aromatic nitrogens is 2. The molecule has 4 N–H and O–H groups in total. The number of nitrogens with one attached hydrogen (secondary N) is 1. The number of aliphatic hydroxyl groups excluding tert-OH is 1. The summed E-state index contributed by atoms with van der Waals surface area (Å²) < 4.78 is 32.8. The summed E-state index contributed by atoms with van der Waals surface area (Å²) in [6, 6.07) is 13.6. The van der Waals surface area contributed by atoms with E-state index in [1.807, 2.05) is 43.5 Å². The number of cyclic esters (lactones) is 1. The molecule has 3 aromatic rings. The van der Waals surface area contributed by atoms with E-state index in [0.29, 0.717) is 29.8 Å². The van der Waals surface area contributed by atoms with Gasteiger partial charge in [0.1, 0.15) is 30.1 Å². The third kappa shape index (κ3) is 8.49. The number of ether oxygens (including phenoxy) is 5. The summed E-state index contributed by atoms with van der Waals surface area (Å²) in [6.45, 7) is 9.61. The van der Waals surface area contributed by atoms with Crippen molar-refractivity contribution in [2.24, 2.45) is 29.4 Å². The number of hydrogen-bond donors (Lipinski definition) is 3. The first-order valence-electron chi connectivity index (χ1n) is 19.1. The Kier molecular flexibility index (Phi) is 12.3. The van der Waals surface area contributed by atoms with Crippen LogP contribution in [0.2, 0.25) is 0 Å². The van der Waals surface area contributed by atoms with Gasteiger partial charge in [0, 0.05) is 54.7 Å². The molecule has 56 heavy (non-hydrogen) atoms. The monoisotopic (exact) mass is 770 g/mol. The zero-order valence-corrected chi connectivity index (χ0v) is 32.6. The van der Waals surface area contributed by atoms with Gasteiger partial charge in [0.25, 0.3) is 0 Å². The third-order valence-corrected chi connectivity index (χ3v) is 11.6. The molecule has 4 heterocycles. The molecule has 2 bridgehead atoms. The zero-order valence-electron chi connectivity index (χ0n) is 32.6. The van der Waals surface area contributed by atoms with Crippen LogP contribution in [0.1, 0.15) is 84.2 Å². The number of nitrogens with zero attached hydrogens (tertiary/aromatic N) is 1. The number of aliphatic hydroxyl groups is 1. The van der Waals surface area contributed by atoms with Crippen LogP contribution in [0.4, 0.5) is 0 Å². The largest absolute Gasteiger partial charge is 0.456 e. The van der Waals surface area contributed by atoms with Crippen LogP contribution in [0.5, 0.6) is 0 Å². The van der Waals surface area contributed by atoms with E-state index in [2.05, 4.69) is 17.1 Å². The first-order valence-corrected chi connectivity index (χ1v) is 19.1. The van der Waals surface area contributed by atoms with Crippen molar-refractivity contribution in [1.29, 1.82) is 0 Å². The van der Waals surface area contributed by atoms with Gasteiger partial charge in [-0.3, -0.25) is 4.79 Å². The van der Waals surface area contributed by atoms with Gasteiger partial charge in [-0.05, 0) is 63.5 Å². The maximum atomic E-state index is 13.8. The third-order valence-electron chi connectivity index (χ3n) is 11.6. The Hall–Kier alpha value is -5.11. The van der Waals surface area contributed by atoms with Crippen molar-refractivity contribution >= 4 is 23.8 Å². The number of fused-ring (bicyclic) bond motifs is 1. The van der Waals surface area contributed by atoms with E-state index in [-0.39, 0.29) is 18.3 Å². The summed E-state index contributed by atoms with van der Waals surface area (Å²) >= 11 is 0. The Bertz CT molecular complexity index is 1940. The SMILES string of the molecule is CO[C@H]1CC2C=C[C@@H]3C[C@]2(O[C@H]3[C@H](OC(=O)c2ccc[nH]2)[C@H](C)[C@H](C)O)/C(C)=C/[C@@H](C)[C@@H]([C@@H](C)OC(=O)c2ccc(C[n+]3ccc(C(N)=O)cc3)cc2)OC1=O. The molecule has 0 radical (unpaired) electrons. The van der Waals surface area contributed by atoms with E-state index in [4.69, 9.17) is 29.4 Å². The Morgan fingerprint density at radius 3 is 2.34 bits per heavy atom. The number of benzene rings is 1. The minimum Gasteiger partial charge on any atom is -0.456 e. The number of H-pyrrole nitrogens is 1. The van der Waals surface area contributed by atoms with Crippen LogP contribution in [0.25, 0.3) is 0 Å². The van der Waals surface area contributed by atoms with Gasteiger partial charge in [-0.15, -0.1) is 0 Å². The normalized spacial score (nSPS) is 29.1. The van der Waals surface area contributed by atoms with Crippen LogP contribution in [-0.4, -0.2) is 83.2 Å². The first kappa shape index (κ1) is 40.6. The van der Waals surface area contributed by atoms with Crippen LogP contribution in [0, 0.1) is 23.7 Å². The number of amides is 1. The molecule has 11 atom stereocenters. The highest BCUT2D eigenvalue weighted by molar-refractivity contribution is 5.92. The molecule has 6 rings (SSSR count). The molecule has 1 fully saturated rings. The Labute approximate surface area is 326 Å². The Morgan fingerprint density at radius 2 is 1.71 bits per heavy atom. The summed E-state index contributed by atoms with van der Waals surface area (Å²) in [6.07, 6.45) is 7.31.